The number of aromatic nitrogens is 1. The van der Waals surface area contributed by atoms with Gasteiger partial charge in [-0.15, -0.1) is 0 Å². The van der Waals surface area contributed by atoms with Crippen LogP contribution in [0.15, 0.2) is 60.8 Å². The molecule has 0 saturated carbocycles. The first-order valence-corrected chi connectivity index (χ1v) is 8.56. The monoisotopic (exact) mass is 416 g/mol. The van der Waals surface area contributed by atoms with Crippen LogP contribution < -0.4 is 10.1 Å². The van der Waals surface area contributed by atoms with Crippen molar-refractivity contribution in [3.05, 3.63) is 83.2 Å². The van der Waals surface area contributed by atoms with Crippen LogP contribution in [-0.2, 0) is 6.18 Å². The van der Waals surface area contributed by atoms with Crippen LogP contribution >= 0.6 is 0 Å². The van der Waals surface area contributed by atoms with Crippen molar-refractivity contribution in [3.8, 4) is 11.5 Å². The summed E-state index contributed by atoms with van der Waals surface area (Å²) in [6, 6.07) is 11.1. The van der Waals surface area contributed by atoms with Crippen molar-refractivity contribution in [2.45, 2.75) is 6.18 Å². The molecule has 2 aromatic carbocycles. The van der Waals surface area contributed by atoms with Gasteiger partial charge in [-0.2, -0.15) is 13.2 Å². The molecule has 0 saturated heterocycles. The average Bonchev–Trinajstić information content (AvgIpc) is 2.73. The van der Waals surface area contributed by atoms with Crippen molar-refractivity contribution in [2.24, 2.45) is 0 Å². The number of pyridine rings is 1. The molecule has 0 bridgehead atoms. The predicted molar refractivity (Wildman–Crippen MR) is 102 cm³/mol. The minimum absolute atomic E-state index is 0.0807. The van der Waals surface area contributed by atoms with Gasteiger partial charge in [0.2, 0.25) is 0 Å². The number of anilines is 1. The number of nitrogens with one attached hydrogen (secondary N) is 1. The van der Waals surface area contributed by atoms with E-state index in [1.807, 2.05) is 0 Å². The van der Waals surface area contributed by atoms with E-state index in [1.54, 1.807) is 0 Å². The first kappa shape index (κ1) is 20.8. The van der Waals surface area contributed by atoms with Gasteiger partial charge in [0.1, 0.15) is 0 Å². The molecule has 154 valence electrons. The van der Waals surface area contributed by atoms with E-state index in [1.165, 1.54) is 49.7 Å². The van der Waals surface area contributed by atoms with Crippen molar-refractivity contribution < 1.29 is 32.6 Å². The Morgan fingerprint density at radius 1 is 1.03 bits per heavy atom. The second-order valence-electron chi connectivity index (χ2n) is 6.15. The Morgan fingerprint density at radius 2 is 1.73 bits per heavy atom. The number of carbonyl (C=O) groups excluding carboxylic acids is 2. The number of methoxy groups -OCH3 is 1. The molecule has 0 unspecified atom stereocenters. The minimum Gasteiger partial charge on any atom is -0.503 e. The molecule has 0 radical (unpaired) electrons. The molecular formula is C21H15F3N2O4. The summed E-state index contributed by atoms with van der Waals surface area (Å²) in [5.41, 5.74) is -0.826. The third-order valence-electron chi connectivity index (χ3n) is 4.18. The highest BCUT2D eigenvalue weighted by molar-refractivity contribution is 6.09. The number of rotatable bonds is 5. The Hall–Kier alpha value is -3.88. The number of carbonyl (C=O) groups is 2. The van der Waals surface area contributed by atoms with Gasteiger partial charge in [-0.3, -0.25) is 9.59 Å². The molecule has 9 heteroatoms. The van der Waals surface area contributed by atoms with Gasteiger partial charge in [0.15, 0.2) is 23.0 Å². The first-order chi connectivity index (χ1) is 14.2. The lowest BCUT2D eigenvalue weighted by atomic mass is 10.0. The Bertz CT molecular complexity index is 1100. The van der Waals surface area contributed by atoms with Gasteiger partial charge in [0.25, 0.3) is 5.91 Å². The van der Waals surface area contributed by atoms with Crippen molar-refractivity contribution in [1.82, 2.24) is 4.98 Å². The molecule has 3 aromatic rings. The molecule has 3 rings (SSSR count). The van der Waals surface area contributed by atoms with Gasteiger partial charge < -0.3 is 15.2 Å². The van der Waals surface area contributed by atoms with Gasteiger partial charge in [0, 0.05) is 29.1 Å². The SMILES string of the molecule is COc1ccnc(C(=O)Nc2ccc(C(=O)c3cccc(C(F)(F)F)c3)cc2)c1O. The number of hydrogen-bond acceptors (Lipinski definition) is 5. The summed E-state index contributed by atoms with van der Waals surface area (Å²) in [4.78, 5) is 28.6. The second kappa shape index (κ2) is 8.24. The Balaban J connectivity index is 1.77. The van der Waals surface area contributed by atoms with Gasteiger partial charge in [-0.1, -0.05) is 12.1 Å². The number of alkyl halides is 3. The van der Waals surface area contributed by atoms with E-state index in [4.69, 9.17) is 4.74 Å². The standard InChI is InChI=1S/C21H15F3N2O4/c1-30-16-9-10-25-17(19(16)28)20(29)26-15-7-5-12(6-8-15)18(27)13-3-2-4-14(11-13)21(22,23)24/h2-11,28H,1H3,(H,26,29). The summed E-state index contributed by atoms with van der Waals surface area (Å²) in [5.74, 6) is -1.64. The zero-order valence-electron chi connectivity index (χ0n) is 15.5. The summed E-state index contributed by atoms with van der Waals surface area (Å²) >= 11 is 0. The van der Waals surface area contributed by atoms with E-state index >= 15 is 0 Å². The quantitative estimate of drug-likeness (QED) is 0.606. The van der Waals surface area contributed by atoms with Crippen molar-refractivity contribution in [3.63, 3.8) is 0 Å². The van der Waals surface area contributed by atoms with E-state index < -0.39 is 29.2 Å². The topological polar surface area (TPSA) is 88.5 Å². The number of hydrogen-bond donors (Lipinski definition) is 2. The second-order valence-corrected chi connectivity index (χ2v) is 6.15. The Morgan fingerprint density at radius 3 is 2.37 bits per heavy atom. The molecule has 0 aliphatic heterocycles. The predicted octanol–water partition coefficient (Wildman–Crippen LogP) is 4.30. The molecule has 30 heavy (non-hydrogen) atoms. The highest BCUT2D eigenvalue weighted by Crippen LogP contribution is 2.30. The third-order valence-corrected chi connectivity index (χ3v) is 4.18. The van der Waals surface area contributed by atoms with Crippen LogP contribution in [0.3, 0.4) is 0 Å². The largest absolute Gasteiger partial charge is 0.503 e. The molecule has 0 spiro atoms. The van der Waals surface area contributed by atoms with Gasteiger partial charge >= 0.3 is 6.18 Å². The molecule has 6 nitrogen and oxygen atoms in total. The normalized spacial score (nSPS) is 11.1. The van der Waals surface area contributed by atoms with Gasteiger partial charge in [0.05, 0.1) is 12.7 Å². The van der Waals surface area contributed by atoms with Gasteiger partial charge in [-0.05, 0) is 36.4 Å². The van der Waals surface area contributed by atoms with Crippen LogP contribution in [0.1, 0.15) is 32.0 Å². The van der Waals surface area contributed by atoms with E-state index in [0.29, 0.717) is 5.69 Å². The lowest BCUT2D eigenvalue weighted by molar-refractivity contribution is -0.137. The first-order valence-electron chi connectivity index (χ1n) is 8.56. The van der Waals surface area contributed by atoms with Crippen LogP contribution in [0.5, 0.6) is 11.5 Å². The number of nitrogens with zero attached hydrogens (tertiary/aromatic N) is 1. The molecule has 0 atom stereocenters. The van der Waals surface area contributed by atoms with Gasteiger partial charge in [-0.25, -0.2) is 4.98 Å². The molecule has 2 N–H and O–H groups in total. The van der Waals surface area contributed by atoms with E-state index in [9.17, 15) is 27.9 Å². The molecule has 0 aliphatic carbocycles. The maximum Gasteiger partial charge on any atom is 0.416 e. The van der Waals surface area contributed by atoms with Crippen LogP contribution in [0, 0.1) is 0 Å². The zero-order chi connectivity index (χ0) is 21.9. The highest BCUT2D eigenvalue weighted by atomic mass is 19.4. The van der Waals surface area contributed by atoms with Crippen molar-refractivity contribution in [2.75, 3.05) is 12.4 Å². The lowest BCUT2D eigenvalue weighted by Crippen LogP contribution is -2.14. The summed E-state index contributed by atoms with van der Waals surface area (Å²) in [7, 11) is 1.33. The molecule has 0 fully saturated rings. The van der Waals surface area contributed by atoms with E-state index in [-0.39, 0.29) is 22.6 Å². The highest BCUT2D eigenvalue weighted by Gasteiger charge is 2.31. The maximum absolute atomic E-state index is 12.8. The smallest absolute Gasteiger partial charge is 0.416 e. The van der Waals surface area contributed by atoms with Crippen LogP contribution in [0.25, 0.3) is 0 Å². The number of amides is 1. The number of halogens is 3. The van der Waals surface area contributed by atoms with Crippen molar-refractivity contribution in [1.29, 1.82) is 0 Å². The van der Waals surface area contributed by atoms with Crippen LogP contribution in [0.4, 0.5) is 18.9 Å². The summed E-state index contributed by atoms with van der Waals surface area (Å²) in [6.45, 7) is 0. The number of ketones is 1. The average molecular weight is 416 g/mol. The fourth-order valence-corrected chi connectivity index (χ4v) is 2.67. The van der Waals surface area contributed by atoms with E-state index in [0.717, 1.165) is 18.2 Å². The fourth-order valence-electron chi connectivity index (χ4n) is 2.67. The summed E-state index contributed by atoms with van der Waals surface area (Å²) < 4.78 is 43.4. The van der Waals surface area contributed by atoms with Crippen LogP contribution in [-0.4, -0.2) is 28.9 Å². The van der Waals surface area contributed by atoms with Crippen molar-refractivity contribution >= 4 is 17.4 Å². The summed E-state index contributed by atoms with van der Waals surface area (Å²) in [5, 5.41) is 12.5. The molecular weight excluding hydrogens is 401 g/mol. The zero-order valence-corrected chi connectivity index (χ0v) is 15.5. The minimum atomic E-state index is -4.55. The van der Waals surface area contributed by atoms with E-state index in [2.05, 4.69) is 10.3 Å². The molecule has 1 amide bonds. The molecule has 1 aromatic heterocycles. The third kappa shape index (κ3) is 4.40. The van der Waals surface area contributed by atoms with Crippen LogP contribution in [0.2, 0.25) is 0 Å². The fraction of sp³-hybridized carbons (Fsp3) is 0.0952. The number of ether oxygens (including phenoxy) is 1. The summed E-state index contributed by atoms with van der Waals surface area (Å²) in [6.07, 6.45) is -3.26. The number of aromatic hydroxyl groups is 1. The number of benzene rings is 2. The molecule has 1 heterocycles. The Labute approximate surface area is 169 Å². The Kier molecular flexibility index (Phi) is 5.72. The molecule has 0 aliphatic rings. The lowest BCUT2D eigenvalue weighted by Gasteiger charge is -2.10. The maximum atomic E-state index is 12.8.